The number of carbonyl (C=O) groups is 2. The van der Waals surface area contributed by atoms with Gasteiger partial charge >= 0.3 is 0 Å². The molecule has 0 saturated carbocycles. The van der Waals surface area contributed by atoms with Gasteiger partial charge in [0, 0.05) is 36.3 Å². The molecule has 0 heterocycles. The number of aryl methyl sites for hydroxylation is 2. The molecular formula is C19H21ClN2O2. The summed E-state index contributed by atoms with van der Waals surface area (Å²) in [4.78, 5) is 25.6. The van der Waals surface area contributed by atoms with Crippen LogP contribution >= 0.6 is 11.6 Å². The Morgan fingerprint density at radius 1 is 1.04 bits per heavy atom. The van der Waals surface area contributed by atoms with Gasteiger partial charge in [0.05, 0.1) is 0 Å². The number of hydrogen-bond donors (Lipinski definition) is 1. The van der Waals surface area contributed by atoms with Gasteiger partial charge in [-0.2, -0.15) is 0 Å². The van der Waals surface area contributed by atoms with Gasteiger partial charge in [0.1, 0.15) is 0 Å². The van der Waals surface area contributed by atoms with Gasteiger partial charge in [-0.05, 0) is 61.4 Å². The first kappa shape index (κ1) is 18.0. The van der Waals surface area contributed by atoms with Crippen LogP contribution < -0.4 is 10.2 Å². The summed E-state index contributed by atoms with van der Waals surface area (Å²) >= 11 is 5.82. The number of carbonyl (C=O) groups excluding carboxylic acids is 2. The van der Waals surface area contributed by atoms with E-state index in [2.05, 4.69) is 5.32 Å². The number of nitrogens with zero attached hydrogens (tertiary/aromatic N) is 1. The number of benzene rings is 2. The Morgan fingerprint density at radius 3 is 2.29 bits per heavy atom. The number of rotatable bonds is 5. The van der Waals surface area contributed by atoms with Gasteiger partial charge in [-0.25, -0.2) is 0 Å². The smallest absolute Gasteiger partial charge is 0.226 e. The molecule has 0 aliphatic carbocycles. The Kier molecular flexibility index (Phi) is 5.99. The second-order valence-corrected chi connectivity index (χ2v) is 6.18. The average Bonchev–Trinajstić information content (AvgIpc) is 2.53. The van der Waals surface area contributed by atoms with Crippen molar-refractivity contribution in [2.45, 2.75) is 27.2 Å². The highest BCUT2D eigenvalue weighted by Crippen LogP contribution is 2.20. The molecule has 0 aliphatic rings. The maximum absolute atomic E-state index is 12.1. The minimum Gasteiger partial charge on any atom is -0.326 e. The summed E-state index contributed by atoms with van der Waals surface area (Å²) in [5, 5.41) is 3.42. The molecule has 4 nitrogen and oxygen atoms in total. The third-order valence-corrected chi connectivity index (χ3v) is 4.12. The summed E-state index contributed by atoms with van der Waals surface area (Å²) in [5.74, 6) is -0.232. The van der Waals surface area contributed by atoms with E-state index in [-0.39, 0.29) is 18.2 Å². The molecule has 0 spiro atoms. The minimum atomic E-state index is -0.146. The molecule has 126 valence electrons. The normalized spacial score (nSPS) is 10.3. The highest BCUT2D eigenvalue weighted by molar-refractivity contribution is 6.30. The fourth-order valence-corrected chi connectivity index (χ4v) is 2.46. The Labute approximate surface area is 147 Å². The third-order valence-electron chi connectivity index (χ3n) is 3.87. The molecule has 0 aromatic heterocycles. The van der Waals surface area contributed by atoms with Crippen LogP contribution in [0.25, 0.3) is 0 Å². The number of hydrogen-bond acceptors (Lipinski definition) is 2. The van der Waals surface area contributed by atoms with Crippen LogP contribution in [0.3, 0.4) is 0 Å². The Balaban J connectivity index is 2.00. The van der Waals surface area contributed by atoms with Crippen molar-refractivity contribution in [2.75, 3.05) is 16.8 Å². The summed E-state index contributed by atoms with van der Waals surface area (Å²) in [6.07, 6.45) is 0.217. The number of anilines is 2. The van der Waals surface area contributed by atoms with Crippen molar-refractivity contribution >= 4 is 34.8 Å². The van der Waals surface area contributed by atoms with Crippen LogP contribution in [0, 0.1) is 13.8 Å². The highest BCUT2D eigenvalue weighted by Gasteiger charge is 2.14. The van der Waals surface area contributed by atoms with E-state index in [1.807, 2.05) is 32.0 Å². The van der Waals surface area contributed by atoms with Crippen molar-refractivity contribution in [1.82, 2.24) is 0 Å². The Bertz CT molecular complexity index is 742. The van der Waals surface area contributed by atoms with Gasteiger partial charge in [-0.15, -0.1) is 0 Å². The summed E-state index contributed by atoms with van der Waals surface area (Å²) in [6.45, 7) is 5.87. The highest BCUT2D eigenvalue weighted by atomic mass is 35.5. The monoisotopic (exact) mass is 344 g/mol. The first-order valence-corrected chi connectivity index (χ1v) is 8.15. The summed E-state index contributed by atoms with van der Waals surface area (Å²) in [5.41, 5.74) is 3.78. The maximum atomic E-state index is 12.1. The van der Waals surface area contributed by atoms with Crippen LogP contribution in [0.2, 0.25) is 5.02 Å². The zero-order valence-corrected chi connectivity index (χ0v) is 14.9. The molecule has 0 saturated heterocycles. The van der Waals surface area contributed by atoms with E-state index in [4.69, 9.17) is 11.6 Å². The first-order valence-electron chi connectivity index (χ1n) is 7.77. The lowest BCUT2D eigenvalue weighted by Gasteiger charge is -2.22. The molecule has 2 aromatic rings. The molecule has 0 atom stereocenters. The zero-order valence-electron chi connectivity index (χ0n) is 14.1. The topological polar surface area (TPSA) is 49.4 Å². The second kappa shape index (κ2) is 7.97. The molecule has 0 unspecified atom stereocenters. The molecule has 0 radical (unpaired) electrons. The minimum absolute atomic E-state index is 0.0856. The van der Waals surface area contributed by atoms with Crippen LogP contribution in [0.5, 0.6) is 0 Å². The van der Waals surface area contributed by atoms with Crippen LogP contribution in [0.4, 0.5) is 11.4 Å². The van der Waals surface area contributed by atoms with Crippen molar-refractivity contribution in [3.63, 3.8) is 0 Å². The van der Waals surface area contributed by atoms with Crippen LogP contribution in [-0.4, -0.2) is 18.4 Å². The van der Waals surface area contributed by atoms with E-state index < -0.39 is 0 Å². The quantitative estimate of drug-likeness (QED) is 0.877. The molecular weight excluding hydrogens is 324 g/mol. The van der Waals surface area contributed by atoms with Crippen molar-refractivity contribution in [1.29, 1.82) is 0 Å². The van der Waals surface area contributed by atoms with Crippen LogP contribution in [0.1, 0.15) is 24.5 Å². The van der Waals surface area contributed by atoms with Crippen molar-refractivity contribution < 1.29 is 9.59 Å². The number of amides is 2. The fraction of sp³-hybridized carbons (Fsp3) is 0.263. The van der Waals surface area contributed by atoms with Gasteiger partial charge in [-0.3, -0.25) is 9.59 Å². The molecule has 1 N–H and O–H groups in total. The average molecular weight is 345 g/mol. The van der Waals surface area contributed by atoms with Gasteiger partial charge in [0.2, 0.25) is 11.8 Å². The Hall–Kier alpha value is -2.33. The third kappa shape index (κ3) is 4.83. The molecule has 24 heavy (non-hydrogen) atoms. The summed E-state index contributed by atoms with van der Waals surface area (Å²) in [7, 11) is 0. The van der Waals surface area contributed by atoms with E-state index in [1.54, 1.807) is 29.2 Å². The molecule has 2 rings (SSSR count). The predicted octanol–water partition coefficient (Wildman–Crippen LogP) is 4.34. The van der Waals surface area contributed by atoms with Gasteiger partial charge in [0.15, 0.2) is 0 Å². The number of halogens is 1. The first-order chi connectivity index (χ1) is 11.4. The lowest BCUT2D eigenvalue weighted by atomic mass is 10.1. The van der Waals surface area contributed by atoms with E-state index in [0.29, 0.717) is 17.3 Å². The largest absolute Gasteiger partial charge is 0.326 e. The lowest BCUT2D eigenvalue weighted by Crippen LogP contribution is -2.32. The van der Waals surface area contributed by atoms with E-state index in [1.165, 1.54) is 12.5 Å². The van der Waals surface area contributed by atoms with Gasteiger partial charge in [-0.1, -0.05) is 17.7 Å². The van der Waals surface area contributed by atoms with Crippen LogP contribution in [-0.2, 0) is 9.59 Å². The number of nitrogens with one attached hydrogen (secondary N) is 1. The summed E-state index contributed by atoms with van der Waals surface area (Å²) < 4.78 is 0. The van der Waals surface area contributed by atoms with Crippen LogP contribution in [0.15, 0.2) is 42.5 Å². The SMILES string of the molecule is CC(=O)N(CCC(=O)Nc1ccc(Cl)cc1)c1ccc(C)c(C)c1. The van der Waals surface area contributed by atoms with E-state index >= 15 is 0 Å². The predicted molar refractivity (Wildman–Crippen MR) is 98.6 cm³/mol. The molecule has 0 fully saturated rings. The summed E-state index contributed by atoms with van der Waals surface area (Å²) in [6, 6.07) is 12.8. The fourth-order valence-electron chi connectivity index (χ4n) is 2.33. The zero-order chi connectivity index (χ0) is 17.7. The molecule has 2 amide bonds. The van der Waals surface area contributed by atoms with Crippen molar-refractivity contribution in [2.24, 2.45) is 0 Å². The molecule has 0 aliphatic heterocycles. The maximum Gasteiger partial charge on any atom is 0.226 e. The van der Waals surface area contributed by atoms with Crippen molar-refractivity contribution in [3.8, 4) is 0 Å². The van der Waals surface area contributed by atoms with E-state index in [9.17, 15) is 9.59 Å². The standard InChI is InChI=1S/C19H21ClN2O2/c1-13-4-9-18(12-14(13)2)22(15(3)23)11-10-19(24)21-17-7-5-16(20)6-8-17/h4-9,12H,10-11H2,1-3H3,(H,21,24). The second-order valence-electron chi connectivity index (χ2n) is 5.74. The Morgan fingerprint density at radius 2 is 1.71 bits per heavy atom. The molecule has 0 bridgehead atoms. The van der Waals surface area contributed by atoms with Gasteiger partial charge in [0.25, 0.3) is 0 Å². The molecule has 5 heteroatoms. The van der Waals surface area contributed by atoms with Gasteiger partial charge < -0.3 is 10.2 Å². The van der Waals surface area contributed by atoms with E-state index in [0.717, 1.165) is 11.3 Å². The lowest BCUT2D eigenvalue weighted by molar-refractivity contribution is -0.117. The van der Waals surface area contributed by atoms with Crippen molar-refractivity contribution in [3.05, 3.63) is 58.6 Å². The molecule has 2 aromatic carbocycles.